The summed E-state index contributed by atoms with van der Waals surface area (Å²) in [6, 6.07) is 1.46. The zero-order valence-corrected chi connectivity index (χ0v) is 9.41. The summed E-state index contributed by atoms with van der Waals surface area (Å²) in [6.07, 6.45) is 3.26. The molecule has 0 bridgehead atoms. The summed E-state index contributed by atoms with van der Waals surface area (Å²) in [6.45, 7) is 2.60. The molecule has 2 aromatic rings. The Balaban J connectivity index is 2.17. The average Bonchev–Trinajstić information content (AvgIpc) is 2.76. The van der Waals surface area contributed by atoms with Crippen molar-refractivity contribution in [3.05, 3.63) is 42.0 Å². The highest BCUT2D eigenvalue weighted by atomic mass is 19.1. The van der Waals surface area contributed by atoms with E-state index in [1.807, 2.05) is 6.92 Å². The number of pyridine rings is 1. The molecular weight excluding hydrogens is 223 g/mol. The standard InChI is InChI=1S/C11H13FN4O/c1-2-16-11(14-7-15-16)5-10(17)8-3-4-13-6-9(8)12/h3-4,6-7,10,17H,2,5H2,1H3. The Bertz CT molecular complexity index is 500. The van der Waals surface area contributed by atoms with Gasteiger partial charge in [0.15, 0.2) is 0 Å². The van der Waals surface area contributed by atoms with Gasteiger partial charge in [0.05, 0.1) is 12.3 Å². The van der Waals surface area contributed by atoms with Crippen molar-refractivity contribution in [2.75, 3.05) is 0 Å². The lowest BCUT2D eigenvalue weighted by molar-refractivity contribution is 0.169. The van der Waals surface area contributed by atoms with Crippen LogP contribution in [0.3, 0.4) is 0 Å². The minimum absolute atomic E-state index is 0.227. The minimum Gasteiger partial charge on any atom is -0.388 e. The number of aliphatic hydroxyl groups is 1. The van der Waals surface area contributed by atoms with Crippen LogP contribution in [0.1, 0.15) is 24.4 Å². The van der Waals surface area contributed by atoms with Gasteiger partial charge in [-0.15, -0.1) is 0 Å². The number of hydrogen-bond acceptors (Lipinski definition) is 4. The number of aryl methyl sites for hydroxylation is 1. The van der Waals surface area contributed by atoms with Crippen molar-refractivity contribution < 1.29 is 9.50 Å². The van der Waals surface area contributed by atoms with Crippen LogP contribution in [-0.4, -0.2) is 24.9 Å². The van der Waals surface area contributed by atoms with E-state index in [0.29, 0.717) is 12.4 Å². The van der Waals surface area contributed by atoms with Gasteiger partial charge in [-0.2, -0.15) is 5.10 Å². The van der Waals surface area contributed by atoms with Gasteiger partial charge in [0, 0.05) is 24.7 Å². The van der Waals surface area contributed by atoms with E-state index in [1.54, 1.807) is 4.68 Å². The van der Waals surface area contributed by atoms with E-state index in [9.17, 15) is 9.50 Å². The van der Waals surface area contributed by atoms with Gasteiger partial charge in [0.25, 0.3) is 0 Å². The number of hydrogen-bond donors (Lipinski definition) is 1. The predicted octanol–water partition coefficient (Wildman–Crippen LogP) is 1.11. The SMILES string of the molecule is CCn1ncnc1CC(O)c1ccncc1F. The molecule has 17 heavy (non-hydrogen) atoms. The van der Waals surface area contributed by atoms with Crippen LogP contribution >= 0.6 is 0 Å². The van der Waals surface area contributed by atoms with E-state index in [1.165, 1.54) is 18.6 Å². The van der Waals surface area contributed by atoms with Crippen LogP contribution in [0.2, 0.25) is 0 Å². The van der Waals surface area contributed by atoms with Crippen molar-refractivity contribution in [2.24, 2.45) is 0 Å². The van der Waals surface area contributed by atoms with E-state index in [-0.39, 0.29) is 12.0 Å². The van der Waals surface area contributed by atoms with Gasteiger partial charge in [0.1, 0.15) is 18.0 Å². The van der Waals surface area contributed by atoms with Crippen molar-refractivity contribution in [1.82, 2.24) is 19.7 Å². The molecule has 0 aromatic carbocycles. The Labute approximate surface area is 98.0 Å². The monoisotopic (exact) mass is 236 g/mol. The highest BCUT2D eigenvalue weighted by Gasteiger charge is 2.16. The van der Waals surface area contributed by atoms with Gasteiger partial charge in [0.2, 0.25) is 0 Å². The van der Waals surface area contributed by atoms with Gasteiger partial charge < -0.3 is 5.11 Å². The third-order valence-electron chi connectivity index (χ3n) is 2.53. The van der Waals surface area contributed by atoms with Crippen molar-refractivity contribution >= 4 is 0 Å². The molecule has 2 aromatic heterocycles. The first-order chi connectivity index (χ1) is 8.22. The maximum absolute atomic E-state index is 13.4. The number of halogens is 1. The topological polar surface area (TPSA) is 63.8 Å². The van der Waals surface area contributed by atoms with Crippen LogP contribution in [0.15, 0.2) is 24.8 Å². The molecule has 1 unspecified atom stereocenters. The number of aromatic nitrogens is 4. The van der Waals surface area contributed by atoms with Crippen molar-refractivity contribution in [3.8, 4) is 0 Å². The summed E-state index contributed by atoms with van der Waals surface area (Å²) in [5, 5.41) is 13.9. The lowest BCUT2D eigenvalue weighted by atomic mass is 10.1. The van der Waals surface area contributed by atoms with E-state index in [0.717, 1.165) is 6.20 Å². The Morgan fingerprint density at radius 2 is 2.35 bits per heavy atom. The molecule has 6 heteroatoms. The summed E-state index contributed by atoms with van der Waals surface area (Å²) < 4.78 is 15.1. The number of aliphatic hydroxyl groups excluding tert-OH is 1. The molecule has 0 radical (unpaired) electrons. The van der Waals surface area contributed by atoms with Crippen LogP contribution in [0.5, 0.6) is 0 Å². The van der Waals surface area contributed by atoms with E-state index in [4.69, 9.17) is 0 Å². The van der Waals surface area contributed by atoms with Gasteiger partial charge in [-0.3, -0.25) is 9.67 Å². The predicted molar refractivity (Wildman–Crippen MR) is 58.6 cm³/mol. The number of rotatable bonds is 4. The smallest absolute Gasteiger partial charge is 0.147 e. The Morgan fingerprint density at radius 3 is 3.06 bits per heavy atom. The Kier molecular flexibility index (Phi) is 3.43. The molecule has 90 valence electrons. The summed E-state index contributed by atoms with van der Waals surface area (Å²) in [7, 11) is 0. The minimum atomic E-state index is -0.938. The summed E-state index contributed by atoms with van der Waals surface area (Å²) in [5.41, 5.74) is 0.227. The van der Waals surface area contributed by atoms with Crippen LogP contribution in [0, 0.1) is 5.82 Å². The molecule has 0 fully saturated rings. The average molecular weight is 236 g/mol. The third kappa shape index (κ3) is 2.47. The fourth-order valence-electron chi connectivity index (χ4n) is 1.65. The second kappa shape index (κ2) is 5.01. The van der Waals surface area contributed by atoms with Crippen molar-refractivity contribution in [3.63, 3.8) is 0 Å². The molecule has 5 nitrogen and oxygen atoms in total. The Hall–Kier alpha value is -1.82. The molecule has 1 atom stereocenters. The highest BCUT2D eigenvalue weighted by Crippen LogP contribution is 2.19. The zero-order valence-electron chi connectivity index (χ0n) is 9.41. The molecule has 0 saturated carbocycles. The molecule has 0 aliphatic rings. The molecule has 2 rings (SSSR count). The van der Waals surface area contributed by atoms with Gasteiger partial charge in [-0.25, -0.2) is 9.37 Å². The van der Waals surface area contributed by atoms with Crippen LogP contribution in [-0.2, 0) is 13.0 Å². The van der Waals surface area contributed by atoms with Gasteiger partial charge in [-0.1, -0.05) is 0 Å². The summed E-state index contributed by atoms with van der Waals surface area (Å²) in [5.74, 6) is 0.124. The number of nitrogens with zero attached hydrogens (tertiary/aromatic N) is 4. The van der Waals surface area contributed by atoms with Crippen LogP contribution < -0.4 is 0 Å². The first kappa shape index (κ1) is 11.7. The second-order valence-corrected chi connectivity index (χ2v) is 3.61. The Morgan fingerprint density at radius 1 is 1.53 bits per heavy atom. The maximum atomic E-state index is 13.4. The first-order valence-corrected chi connectivity index (χ1v) is 5.36. The molecule has 2 heterocycles. The van der Waals surface area contributed by atoms with Gasteiger partial charge in [-0.05, 0) is 13.0 Å². The second-order valence-electron chi connectivity index (χ2n) is 3.61. The van der Waals surface area contributed by atoms with Crippen LogP contribution in [0.4, 0.5) is 4.39 Å². The van der Waals surface area contributed by atoms with E-state index < -0.39 is 11.9 Å². The highest BCUT2D eigenvalue weighted by molar-refractivity contribution is 5.16. The third-order valence-corrected chi connectivity index (χ3v) is 2.53. The first-order valence-electron chi connectivity index (χ1n) is 5.36. The van der Waals surface area contributed by atoms with Crippen molar-refractivity contribution in [1.29, 1.82) is 0 Å². The van der Waals surface area contributed by atoms with E-state index >= 15 is 0 Å². The quantitative estimate of drug-likeness (QED) is 0.863. The van der Waals surface area contributed by atoms with Crippen molar-refractivity contribution in [2.45, 2.75) is 26.0 Å². The normalized spacial score (nSPS) is 12.6. The molecule has 0 aliphatic carbocycles. The molecule has 0 saturated heterocycles. The summed E-state index contributed by atoms with van der Waals surface area (Å²) >= 11 is 0. The lowest BCUT2D eigenvalue weighted by Crippen LogP contribution is -2.10. The largest absolute Gasteiger partial charge is 0.388 e. The lowest BCUT2D eigenvalue weighted by Gasteiger charge is -2.11. The maximum Gasteiger partial charge on any atom is 0.147 e. The zero-order chi connectivity index (χ0) is 12.3. The fraction of sp³-hybridized carbons (Fsp3) is 0.364. The molecule has 1 N–H and O–H groups in total. The molecule has 0 spiro atoms. The fourth-order valence-corrected chi connectivity index (χ4v) is 1.65. The van der Waals surface area contributed by atoms with Gasteiger partial charge >= 0.3 is 0 Å². The molecular formula is C11H13FN4O. The summed E-state index contributed by atoms with van der Waals surface area (Å²) in [4.78, 5) is 7.67. The van der Waals surface area contributed by atoms with Crippen LogP contribution in [0.25, 0.3) is 0 Å². The molecule has 0 aliphatic heterocycles. The van der Waals surface area contributed by atoms with E-state index in [2.05, 4.69) is 15.1 Å². The molecule has 0 amide bonds.